The maximum Gasteiger partial charge on any atom is 0.271 e. The summed E-state index contributed by atoms with van der Waals surface area (Å²) in [7, 11) is 2.16. The van der Waals surface area contributed by atoms with Crippen LogP contribution >= 0.6 is 11.3 Å². The van der Waals surface area contributed by atoms with Crippen LogP contribution in [0.5, 0.6) is 0 Å². The van der Waals surface area contributed by atoms with Gasteiger partial charge in [0.1, 0.15) is 10.8 Å². The lowest BCUT2D eigenvalue weighted by Gasteiger charge is -2.24. The van der Waals surface area contributed by atoms with E-state index < -0.39 is 5.91 Å². The molecule has 6 rings (SSSR count). The largest absolute Gasteiger partial charge is 0.375 e. The molecule has 0 N–H and O–H groups in total. The van der Waals surface area contributed by atoms with E-state index in [9.17, 15) is 4.79 Å². The average Bonchev–Trinajstić information content (AvgIpc) is 3.36. The van der Waals surface area contributed by atoms with E-state index in [2.05, 4.69) is 96.1 Å². The van der Waals surface area contributed by atoms with Crippen molar-refractivity contribution >= 4 is 44.8 Å². The second-order valence-electron chi connectivity index (χ2n) is 10.7. The van der Waals surface area contributed by atoms with Crippen molar-refractivity contribution in [2.24, 2.45) is 9.98 Å². The lowest BCUT2D eigenvalue weighted by molar-refractivity contribution is -0.113. The first-order valence-corrected chi connectivity index (χ1v) is 15.0. The summed E-state index contributed by atoms with van der Waals surface area (Å²) in [6.07, 6.45) is 10.7. The fourth-order valence-electron chi connectivity index (χ4n) is 5.25. The lowest BCUT2D eigenvalue weighted by atomic mass is 10.0. The minimum Gasteiger partial charge on any atom is -0.375 e. The number of rotatable bonds is 8. The van der Waals surface area contributed by atoms with E-state index in [1.54, 1.807) is 11.3 Å². The Morgan fingerprint density at radius 2 is 1.93 bits per heavy atom. The normalized spacial score (nSPS) is 15.1. The molecule has 6 nitrogen and oxygen atoms in total. The number of amides is 1. The van der Waals surface area contributed by atoms with Crippen LogP contribution in [0, 0.1) is 6.92 Å². The molecule has 7 heteroatoms. The number of allylic oxidation sites excluding steroid dienone is 2. The van der Waals surface area contributed by atoms with Crippen molar-refractivity contribution in [3.8, 4) is 10.6 Å². The fourth-order valence-corrected chi connectivity index (χ4v) is 6.32. The van der Waals surface area contributed by atoms with Crippen LogP contribution in [0.15, 0.2) is 113 Å². The van der Waals surface area contributed by atoms with Crippen molar-refractivity contribution in [1.29, 1.82) is 0 Å². The van der Waals surface area contributed by atoms with Gasteiger partial charge < -0.3 is 9.80 Å². The Labute approximate surface area is 250 Å². The third-order valence-corrected chi connectivity index (χ3v) is 8.65. The van der Waals surface area contributed by atoms with Gasteiger partial charge in [0.05, 0.1) is 10.2 Å². The summed E-state index contributed by atoms with van der Waals surface area (Å²) in [5.74, 6) is 0.827. The van der Waals surface area contributed by atoms with E-state index in [1.807, 2.05) is 24.3 Å². The smallest absolute Gasteiger partial charge is 0.271 e. The van der Waals surface area contributed by atoms with Crippen LogP contribution in [0.25, 0.3) is 20.8 Å². The molecule has 0 atom stereocenters. The van der Waals surface area contributed by atoms with Gasteiger partial charge in [-0.1, -0.05) is 43.0 Å². The number of thiazole rings is 1. The number of anilines is 1. The van der Waals surface area contributed by atoms with E-state index >= 15 is 0 Å². The number of aromatic nitrogens is 1. The molecule has 0 fully saturated rings. The number of nitrogens with zero attached hydrogens (tertiary/aromatic N) is 5. The monoisotopic (exact) mass is 571 g/mol. The summed E-state index contributed by atoms with van der Waals surface area (Å²) < 4.78 is 1.23. The molecule has 2 aliphatic heterocycles. The average molecular weight is 572 g/mol. The van der Waals surface area contributed by atoms with Gasteiger partial charge in [-0.2, -0.15) is 4.99 Å². The standard InChI is InChI=1S/C35H33N5OS/c1-4-33(41)38-34-29-11-6-5-10-27(29)23-40-22-25(13-19-32(40)37-34)9-7-8-20-39(3)28-16-14-26(15-17-28)35-36-30-18-12-24(2)21-31(30)42-35/h4-6,10-19,21-22H,1,7-9,20,23H2,2-3H3. The summed E-state index contributed by atoms with van der Waals surface area (Å²) >= 11 is 1.75. The Morgan fingerprint density at radius 3 is 2.76 bits per heavy atom. The zero-order valence-corrected chi connectivity index (χ0v) is 24.8. The summed E-state index contributed by atoms with van der Waals surface area (Å²) in [4.78, 5) is 30.2. The molecule has 3 aromatic carbocycles. The van der Waals surface area contributed by atoms with E-state index in [0.29, 0.717) is 12.4 Å². The Bertz CT molecular complexity index is 1780. The van der Waals surface area contributed by atoms with Crippen LogP contribution in [0.2, 0.25) is 0 Å². The third-order valence-electron chi connectivity index (χ3n) is 7.58. The Kier molecular flexibility index (Phi) is 7.93. The fraction of sp³-hybridized carbons (Fsp3) is 0.200. The minimum absolute atomic E-state index is 0.391. The van der Waals surface area contributed by atoms with E-state index in [0.717, 1.165) is 58.9 Å². The topological polar surface area (TPSA) is 61.2 Å². The number of hydrogen-bond donors (Lipinski definition) is 0. The summed E-state index contributed by atoms with van der Waals surface area (Å²) in [5, 5.41) is 1.06. The molecule has 3 heterocycles. The highest BCUT2D eigenvalue weighted by molar-refractivity contribution is 7.21. The van der Waals surface area contributed by atoms with Crippen LogP contribution in [0.3, 0.4) is 0 Å². The first kappa shape index (κ1) is 27.5. The molecular weight excluding hydrogens is 538 g/mol. The molecule has 210 valence electrons. The molecule has 0 unspecified atom stereocenters. The number of benzene rings is 3. The number of hydrogen-bond acceptors (Lipinski definition) is 5. The maximum absolute atomic E-state index is 12.0. The van der Waals surface area contributed by atoms with Crippen molar-refractivity contribution < 1.29 is 4.79 Å². The molecule has 0 bridgehead atoms. The third kappa shape index (κ3) is 6.02. The number of amidine groups is 2. The highest BCUT2D eigenvalue weighted by Crippen LogP contribution is 2.32. The summed E-state index contributed by atoms with van der Waals surface area (Å²) in [6.45, 7) is 7.32. The molecule has 2 aliphatic rings. The molecule has 0 spiro atoms. The van der Waals surface area contributed by atoms with Crippen molar-refractivity contribution in [3.63, 3.8) is 0 Å². The predicted molar refractivity (Wildman–Crippen MR) is 175 cm³/mol. The van der Waals surface area contributed by atoms with Crippen molar-refractivity contribution in [1.82, 2.24) is 9.88 Å². The second kappa shape index (κ2) is 12.1. The van der Waals surface area contributed by atoms with Crippen LogP contribution in [-0.2, 0) is 11.3 Å². The van der Waals surface area contributed by atoms with Gasteiger partial charge in [-0.05, 0) is 91.4 Å². The van der Waals surface area contributed by atoms with E-state index in [4.69, 9.17) is 9.98 Å². The van der Waals surface area contributed by atoms with Gasteiger partial charge in [-0.3, -0.25) is 4.79 Å². The van der Waals surface area contributed by atoms with Crippen molar-refractivity contribution in [2.75, 3.05) is 18.5 Å². The van der Waals surface area contributed by atoms with E-state index in [1.165, 1.54) is 27.6 Å². The van der Waals surface area contributed by atoms with E-state index in [-0.39, 0.29) is 0 Å². The molecule has 0 saturated carbocycles. The first-order chi connectivity index (χ1) is 20.5. The molecule has 0 aliphatic carbocycles. The van der Waals surface area contributed by atoms with Crippen LogP contribution in [0.1, 0.15) is 36.0 Å². The van der Waals surface area contributed by atoms with Gasteiger partial charge in [0.25, 0.3) is 5.91 Å². The van der Waals surface area contributed by atoms with Crippen LogP contribution < -0.4 is 4.90 Å². The van der Waals surface area contributed by atoms with Gasteiger partial charge in [-0.25, -0.2) is 9.98 Å². The number of fused-ring (bicyclic) bond motifs is 3. The number of unbranched alkanes of at least 4 members (excludes halogenated alkanes) is 1. The highest BCUT2D eigenvalue weighted by atomic mass is 32.1. The van der Waals surface area contributed by atoms with Crippen molar-refractivity contribution in [3.05, 3.63) is 120 Å². The quantitative estimate of drug-likeness (QED) is 0.161. The summed E-state index contributed by atoms with van der Waals surface area (Å²) in [6, 6.07) is 23.1. The lowest BCUT2D eigenvalue weighted by Crippen LogP contribution is -2.25. The number of carbonyl (C=O) groups is 1. The first-order valence-electron chi connectivity index (χ1n) is 14.2. The maximum atomic E-state index is 12.0. The highest BCUT2D eigenvalue weighted by Gasteiger charge is 2.21. The van der Waals surface area contributed by atoms with Crippen LogP contribution in [-0.4, -0.2) is 41.1 Å². The number of aliphatic imine (C=N–C) groups is 2. The predicted octanol–water partition coefficient (Wildman–Crippen LogP) is 7.71. The van der Waals surface area contributed by atoms with Gasteiger partial charge in [0.2, 0.25) is 0 Å². The van der Waals surface area contributed by atoms with Gasteiger partial charge in [0, 0.05) is 43.2 Å². The zero-order chi connectivity index (χ0) is 29.1. The number of aryl methyl sites for hydroxylation is 1. The molecule has 1 amide bonds. The second-order valence-corrected chi connectivity index (χ2v) is 11.7. The molecule has 0 saturated heterocycles. The van der Waals surface area contributed by atoms with Gasteiger partial charge in [-0.15, -0.1) is 11.3 Å². The molecule has 1 aromatic heterocycles. The van der Waals surface area contributed by atoms with Gasteiger partial charge >= 0.3 is 0 Å². The molecule has 42 heavy (non-hydrogen) atoms. The Balaban J connectivity index is 1.05. The molecule has 0 radical (unpaired) electrons. The summed E-state index contributed by atoms with van der Waals surface area (Å²) in [5.41, 5.74) is 7.93. The van der Waals surface area contributed by atoms with Gasteiger partial charge in [0.15, 0.2) is 5.84 Å². The minimum atomic E-state index is -0.391. The Morgan fingerprint density at radius 1 is 1.10 bits per heavy atom. The zero-order valence-electron chi connectivity index (χ0n) is 24.0. The SMILES string of the molecule is C=CC(=O)N=C1N=C2C=CC(CCCCN(C)c3ccc(-c4nc5ccc(C)cc5s4)cc3)=CN2Cc2ccccc21. The van der Waals surface area contributed by atoms with Crippen molar-refractivity contribution in [2.45, 2.75) is 32.7 Å². The Hall–Kier alpha value is -4.62. The molecular formula is C35H33N5OS. The van der Waals surface area contributed by atoms with Crippen LogP contribution in [0.4, 0.5) is 5.69 Å². The number of carbonyl (C=O) groups excluding carboxylic acids is 1. The molecule has 4 aromatic rings.